The minimum atomic E-state index is -0.264. The number of amides is 1. The third kappa shape index (κ3) is 1.81. The van der Waals surface area contributed by atoms with Crippen molar-refractivity contribution in [2.75, 3.05) is 6.54 Å². The van der Waals surface area contributed by atoms with Crippen LogP contribution in [-0.4, -0.2) is 31.9 Å². The van der Waals surface area contributed by atoms with E-state index in [-0.39, 0.29) is 11.5 Å². The van der Waals surface area contributed by atoms with E-state index in [1.165, 1.54) is 6.07 Å². The summed E-state index contributed by atoms with van der Waals surface area (Å²) in [7, 11) is 0. The van der Waals surface area contributed by atoms with Crippen molar-refractivity contribution in [3.8, 4) is 0 Å². The van der Waals surface area contributed by atoms with E-state index in [9.17, 15) is 9.59 Å². The molecule has 92 valence electrons. The highest BCUT2D eigenvalue weighted by atomic mass is 16.2. The third-order valence-electron chi connectivity index (χ3n) is 3.03. The Morgan fingerprint density at radius 2 is 2.22 bits per heavy atom. The number of imidazole rings is 1. The molecule has 1 amide bonds. The van der Waals surface area contributed by atoms with E-state index in [2.05, 4.69) is 9.97 Å². The Kier molecular flexibility index (Phi) is 2.47. The fourth-order valence-electron chi connectivity index (χ4n) is 2.09. The van der Waals surface area contributed by atoms with Crippen LogP contribution in [0.25, 0.3) is 0 Å². The number of carbonyl (C=O) groups is 1. The number of aromatic amines is 1. The predicted molar refractivity (Wildman–Crippen MR) is 64.0 cm³/mol. The van der Waals surface area contributed by atoms with E-state index in [0.717, 1.165) is 12.4 Å². The van der Waals surface area contributed by atoms with Crippen LogP contribution in [0.15, 0.2) is 35.4 Å². The highest BCUT2D eigenvalue weighted by Crippen LogP contribution is 2.12. The van der Waals surface area contributed by atoms with Crippen molar-refractivity contribution in [2.45, 2.75) is 13.1 Å². The number of nitrogens with zero attached hydrogens (tertiary/aromatic N) is 3. The Hall–Kier alpha value is -2.37. The van der Waals surface area contributed by atoms with Gasteiger partial charge >= 0.3 is 0 Å². The molecule has 0 atom stereocenters. The lowest BCUT2D eigenvalue weighted by Crippen LogP contribution is -2.39. The quantitative estimate of drug-likeness (QED) is 0.780. The maximum absolute atomic E-state index is 12.2. The molecule has 6 heteroatoms. The molecule has 1 N–H and O–H groups in total. The monoisotopic (exact) mass is 244 g/mol. The number of hydrogen-bond acceptors (Lipinski definition) is 3. The number of carbonyl (C=O) groups excluding carboxylic acids is 1. The molecule has 0 saturated carbocycles. The summed E-state index contributed by atoms with van der Waals surface area (Å²) in [4.78, 5) is 31.8. The molecule has 0 aromatic carbocycles. The van der Waals surface area contributed by atoms with Crippen LogP contribution in [0.3, 0.4) is 0 Å². The van der Waals surface area contributed by atoms with Crippen molar-refractivity contribution in [1.82, 2.24) is 19.4 Å². The Balaban J connectivity index is 1.85. The fourth-order valence-corrected chi connectivity index (χ4v) is 2.09. The van der Waals surface area contributed by atoms with Crippen LogP contribution in [-0.2, 0) is 13.1 Å². The highest BCUT2D eigenvalue weighted by molar-refractivity contribution is 5.92. The molecule has 2 aromatic heterocycles. The molecular formula is C12H12N4O2. The first-order valence-electron chi connectivity index (χ1n) is 5.73. The van der Waals surface area contributed by atoms with Gasteiger partial charge in [-0.2, -0.15) is 0 Å². The molecule has 2 aromatic rings. The molecular weight excluding hydrogens is 232 g/mol. The molecule has 6 nitrogen and oxygen atoms in total. The van der Waals surface area contributed by atoms with Gasteiger partial charge in [-0.25, -0.2) is 4.98 Å². The molecule has 18 heavy (non-hydrogen) atoms. The Morgan fingerprint density at radius 1 is 1.33 bits per heavy atom. The molecule has 0 radical (unpaired) electrons. The molecule has 0 spiro atoms. The molecule has 0 aliphatic carbocycles. The lowest BCUT2D eigenvalue weighted by molar-refractivity contribution is 0.0701. The first kappa shape index (κ1) is 10.8. The number of fused-ring (bicyclic) bond motifs is 1. The second-order valence-electron chi connectivity index (χ2n) is 4.19. The van der Waals surface area contributed by atoms with Crippen LogP contribution in [0.1, 0.15) is 16.3 Å². The van der Waals surface area contributed by atoms with Crippen LogP contribution < -0.4 is 5.56 Å². The van der Waals surface area contributed by atoms with E-state index in [1.54, 1.807) is 23.2 Å². The van der Waals surface area contributed by atoms with Crippen molar-refractivity contribution in [1.29, 1.82) is 0 Å². The van der Waals surface area contributed by atoms with E-state index in [0.29, 0.717) is 18.8 Å². The SMILES string of the molecule is O=C(c1cccc(=O)[nH]1)N1CCn2ccnc2C1. The van der Waals surface area contributed by atoms with E-state index in [4.69, 9.17) is 0 Å². The van der Waals surface area contributed by atoms with Gasteiger partial charge in [0.05, 0.1) is 6.54 Å². The second-order valence-corrected chi connectivity index (χ2v) is 4.19. The summed E-state index contributed by atoms with van der Waals surface area (Å²) in [5.74, 6) is 0.704. The minimum absolute atomic E-state index is 0.165. The predicted octanol–water partition coefficient (Wildman–Crippen LogP) is 0.227. The summed E-state index contributed by atoms with van der Waals surface area (Å²) >= 11 is 0. The number of aromatic nitrogens is 3. The van der Waals surface area contributed by atoms with Crippen molar-refractivity contribution < 1.29 is 4.79 Å². The standard InChI is InChI=1S/C12H12N4O2/c17-11-3-1-2-9(14-11)12(18)16-7-6-15-5-4-13-10(15)8-16/h1-5H,6-8H2,(H,14,17). The Bertz CT molecular complexity index is 643. The van der Waals surface area contributed by atoms with Gasteiger partial charge in [-0.3, -0.25) is 9.59 Å². The van der Waals surface area contributed by atoms with Crippen molar-refractivity contribution in [2.24, 2.45) is 0 Å². The zero-order valence-electron chi connectivity index (χ0n) is 9.67. The van der Waals surface area contributed by atoms with Gasteiger partial charge in [-0.05, 0) is 6.07 Å². The maximum Gasteiger partial charge on any atom is 0.270 e. The fraction of sp³-hybridized carbons (Fsp3) is 0.250. The second kappa shape index (κ2) is 4.14. The largest absolute Gasteiger partial charge is 0.332 e. The van der Waals surface area contributed by atoms with E-state index >= 15 is 0 Å². The summed E-state index contributed by atoms with van der Waals surface area (Å²) < 4.78 is 2.03. The summed E-state index contributed by atoms with van der Waals surface area (Å²) in [5.41, 5.74) is 0.0573. The zero-order chi connectivity index (χ0) is 12.5. The lowest BCUT2D eigenvalue weighted by atomic mass is 10.2. The van der Waals surface area contributed by atoms with Crippen LogP contribution >= 0.6 is 0 Å². The molecule has 0 unspecified atom stereocenters. The summed E-state index contributed by atoms with van der Waals surface area (Å²) in [6, 6.07) is 4.58. The molecule has 0 bridgehead atoms. The van der Waals surface area contributed by atoms with Gasteiger partial charge in [-0.15, -0.1) is 0 Å². The summed E-state index contributed by atoms with van der Waals surface area (Å²) in [6.07, 6.45) is 3.63. The highest BCUT2D eigenvalue weighted by Gasteiger charge is 2.22. The smallest absolute Gasteiger partial charge is 0.270 e. The van der Waals surface area contributed by atoms with E-state index < -0.39 is 0 Å². The average Bonchev–Trinajstić information content (AvgIpc) is 2.85. The molecule has 1 aliphatic heterocycles. The average molecular weight is 244 g/mol. The number of pyridine rings is 1. The number of nitrogens with one attached hydrogen (secondary N) is 1. The first-order valence-corrected chi connectivity index (χ1v) is 5.73. The van der Waals surface area contributed by atoms with Gasteiger partial charge in [0.1, 0.15) is 11.5 Å². The van der Waals surface area contributed by atoms with Crippen molar-refractivity contribution >= 4 is 5.91 Å². The first-order chi connectivity index (χ1) is 8.74. The van der Waals surface area contributed by atoms with Gasteiger partial charge in [0.15, 0.2) is 0 Å². The van der Waals surface area contributed by atoms with Crippen molar-refractivity contribution in [3.63, 3.8) is 0 Å². The number of H-pyrrole nitrogens is 1. The third-order valence-corrected chi connectivity index (χ3v) is 3.03. The molecule has 3 rings (SSSR count). The van der Waals surface area contributed by atoms with Crippen LogP contribution in [0, 0.1) is 0 Å². The van der Waals surface area contributed by atoms with E-state index in [1.807, 2.05) is 10.8 Å². The van der Waals surface area contributed by atoms with Crippen LogP contribution in [0.4, 0.5) is 0 Å². The minimum Gasteiger partial charge on any atom is -0.332 e. The molecule has 1 aliphatic rings. The van der Waals surface area contributed by atoms with Gasteiger partial charge < -0.3 is 14.5 Å². The number of hydrogen-bond donors (Lipinski definition) is 1. The number of rotatable bonds is 1. The van der Waals surface area contributed by atoms with Gasteiger partial charge in [0.2, 0.25) is 5.56 Å². The summed E-state index contributed by atoms with van der Waals surface area (Å²) in [6.45, 7) is 1.83. The normalized spacial score (nSPS) is 14.3. The maximum atomic E-state index is 12.2. The van der Waals surface area contributed by atoms with Gasteiger partial charge in [-0.1, -0.05) is 6.07 Å². The topological polar surface area (TPSA) is 71.0 Å². The van der Waals surface area contributed by atoms with Gasteiger partial charge in [0.25, 0.3) is 5.91 Å². The van der Waals surface area contributed by atoms with Gasteiger partial charge in [0, 0.05) is 31.5 Å². The molecule has 3 heterocycles. The Labute approximate surface area is 103 Å². The summed E-state index contributed by atoms with van der Waals surface area (Å²) in [5, 5.41) is 0. The van der Waals surface area contributed by atoms with Crippen LogP contribution in [0.5, 0.6) is 0 Å². The molecule has 0 saturated heterocycles. The molecule has 0 fully saturated rings. The lowest BCUT2D eigenvalue weighted by Gasteiger charge is -2.27. The van der Waals surface area contributed by atoms with Crippen molar-refractivity contribution in [3.05, 3.63) is 52.5 Å². The zero-order valence-corrected chi connectivity index (χ0v) is 9.67. The Morgan fingerprint density at radius 3 is 3.06 bits per heavy atom. The van der Waals surface area contributed by atoms with Crippen LogP contribution in [0.2, 0.25) is 0 Å².